The smallest absolute Gasteiger partial charge is 0.227 e. The summed E-state index contributed by atoms with van der Waals surface area (Å²) in [7, 11) is -16.5. The zero-order valence-corrected chi connectivity index (χ0v) is 14.3. The Morgan fingerprint density at radius 3 is 1.96 bits per heavy atom. The highest BCUT2D eigenvalue weighted by Crippen LogP contribution is 2.45. The molecule has 4 unspecified atom stereocenters. The highest BCUT2D eigenvalue weighted by Gasteiger charge is 2.60. The van der Waals surface area contributed by atoms with Crippen LogP contribution >= 0.6 is 0 Å². The molecule has 0 radical (unpaired) electrons. The molecule has 23 heavy (non-hydrogen) atoms. The quantitative estimate of drug-likeness (QED) is 0.639. The molecule has 2 aliphatic rings. The molecule has 0 spiro atoms. The van der Waals surface area contributed by atoms with Gasteiger partial charge < -0.3 is 0 Å². The number of allylic oxidation sites excluding steroid dienone is 2. The normalized spacial score (nSPS) is 29.8. The van der Waals surface area contributed by atoms with Gasteiger partial charge in [0, 0.05) is 6.26 Å². The van der Waals surface area contributed by atoms with Crippen LogP contribution in [0, 0.1) is 17.8 Å². The fourth-order valence-electron chi connectivity index (χ4n) is 3.26. The lowest BCUT2D eigenvalue weighted by Gasteiger charge is -2.22. The average molecular weight is 396 g/mol. The van der Waals surface area contributed by atoms with E-state index in [0.29, 0.717) is 12.8 Å². The van der Waals surface area contributed by atoms with Crippen molar-refractivity contribution in [2.24, 2.45) is 17.8 Å². The lowest BCUT2D eigenvalue weighted by molar-refractivity contribution is -0.0434. The van der Waals surface area contributed by atoms with E-state index in [4.69, 9.17) is 0 Å². The molecule has 2 bridgehead atoms. The number of fused-ring (bicyclic) bond motifs is 2. The molecule has 0 heterocycles. The largest absolute Gasteiger partial charge is 0.499 e. The molecule has 1 saturated carbocycles. The molecule has 0 aromatic rings. The van der Waals surface area contributed by atoms with Crippen molar-refractivity contribution in [3.8, 4) is 0 Å². The topological polar surface area (TPSA) is 102 Å². The lowest BCUT2D eigenvalue weighted by Crippen LogP contribution is -2.46. The lowest BCUT2D eigenvalue weighted by atomic mass is 9.96. The van der Waals surface area contributed by atoms with E-state index in [1.165, 1.54) is 0 Å². The van der Waals surface area contributed by atoms with Gasteiger partial charge in [0.05, 0.1) is 5.75 Å². The van der Waals surface area contributed by atoms with Crippen LogP contribution < -0.4 is 0 Å². The third-order valence-electron chi connectivity index (χ3n) is 4.08. The Labute approximate surface area is 132 Å². The number of halogens is 3. The predicted molar refractivity (Wildman–Crippen MR) is 76.2 cm³/mol. The SMILES string of the molecule is CS(=O)(=O)C(S(=O)(=O)CC1CC2C=CC1C2)S(=O)(=O)C(F)(F)F. The van der Waals surface area contributed by atoms with Gasteiger partial charge in [-0.25, -0.2) is 25.3 Å². The van der Waals surface area contributed by atoms with E-state index in [1.807, 2.05) is 6.08 Å². The Bertz CT molecular complexity index is 823. The third-order valence-corrected chi connectivity index (χ3v) is 12.8. The first-order valence-corrected chi connectivity index (χ1v) is 11.8. The van der Waals surface area contributed by atoms with Gasteiger partial charge in [0.15, 0.2) is 19.7 Å². The van der Waals surface area contributed by atoms with Crippen LogP contribution in [0.3, 0.4) is 0 Å². The molecule has 1 fully saturated rings. The van der Waals surface area contributed by atoms with E-state index in [-0.39, 0.29) is 18.1 Å². The van der Waals surface area contributed by atoms with Crippen LogP contribution in [0.15, 0.2) is 12.2 Å². The summed E-state index contributed by atoms with van der Waals surface area (Å²) in [5, 5.41) is 0. The first-order valence-electron chi connectivity index (χ1n) is 6.55. The van der Waals surface area contributed by atoms with Crippen LogP contribution in [0.2, 0.25) is 0 Å². The fourth-order valence-corrected chi connectivity index (χ4v) is 11.3. The molecule has 4 atom stereocenters. The second kappa shape index (κ2) is 5.45. The third kappa shape index (κ3) is 3.43. The van der Waals surface area contributed by atoms with Crippen molar-refractivity contribution in [1.29, 1.82) is 0 Å². The van der Waals surface area contributed by atoms with E-state index in [9.17, 15) is 38.4 Å². The fraction of sp³-hybridized carbons (Fsp3) is 0.818. The molecule has 134 valence electrons. The van der Waals surface area contributed by atoms with Gasteiger partial charge >= 0.3 is 5.51 Å². The van der Waals surface area contributed by atoms with Crippen LogP contribution in [0.4, 0.5) is 13.2 Å². The first kappa shape index (κ1) is 18.7. The summed E-state index contributed by atoms with van der Waals surface area (Å²) in [5.41, 5.74) is -5.97. The summed E-state index contributed by atoms with van der Waals surface area (Å²) in [6, 6.07) is 0. The second-order valence-corrected chi connectivity index (χ2v) is 13.2. The van der Waals surface area contributed by atoms with E-state index in [2.05, 4.69) is 0 Å². The summed E-state index contributed by atoms with van der Waals surface area (Å²) in [6.07, 6.45) is 4.83. The minimum absolute atomic E-state index is 0.108. The molecular weight excluding hydrogens is 381 g/mol. The summed E-state index contributed by atoms with van der Waals surface area (Å²) in [5.74, 6) is -1.53. The van der Waals surface area contributed by atoms with Crippen molar-refractivity contribution < 1.29 is 38.4 Å². The minimum atomic E-state index is -6.40. The molecule has 2 rings (SSSR count). The maximum Gasteiger partial charge on any atom is 0.499 e. The van der Waals surface area contributed by atoms with E-state index >= 15 is 0 Å². The summed E-state index contributed by atoms with van der Waals surface area (Å²) < 4.78 is 105. The number of hydrogen-bond donors (Lipinski definition) is 0. The monoisotopic (exact) mass is 396 g/mol. The van der Waals surface area contributed by atoms with Crippen LogP contribution in [0.5, 0.6) is 0 Å². The Morgan fingerprint density at radius 1 is 1.04 bits per heavy atom. The van der Waals surface area contributed by atoms with Gasteiger partial charge in [0.2, 0.25) is 0 Å². The van der Waals surface area contributed by atoms with Gasteiger partial charge in [-0.15, -0.1) is 0 Å². The Morgan fingerprint density at radius 2 is 1.61 bits per heavy atom. The highest BCUT2D eigenvalue weighted by atomic mass is 32.3. The van der Waals surface area contributed by atoms with Gasteiger partial charge in [0.25, 0.3) is 13.8 Å². The van der Waals surface area contributed by atoms with Crippen LogP contribution in [-0.2, 0) is 29.5 Å². The Hall–Kier alpha value is -0.620. The molecule has 0 aromatic carbocycles. The average Bonchev–Trinajstić information content (AvgIpc) is 2.84. The molecular formula is C11H15F3O6S3. The molecule has 0 amide bonds. The number of sulfone groups is 3. The van der Waals surface area contributed by atoms with Gasteiger partial charge in [-0.1, -0.05) is 12.2 Å². The van der Waals surface area contributed by atoms with Gasteiger partial charge in [-0.3, -0.25) is 0 Å². The van der Waals surface area contributed by atoms with Crippen LogP contribution in [0.25, 0.3) is 0 Å². The zero-order chi connectivity index (χ0) is 17.8. The van der Waals surface area contributed by atoms with Crippen LogP contribution in [0.1, 0.15) is 12.8 Å². The predicted octanol–water partition coefficient (Wildman–Crippen LogP) is 0.876. The first-order chi connectivity index (χ1) is 10.2. The standard InChI is InChI=1S/C11H15F3O6S3/c1-21(15,16)10(23(19,20)11(12,13)14)22(17,18)6-9-5-7-2-3-8(9)4-7/h2-3,7-10H,4-6H2,1H3. The Kier molecular flexibility index (Phi) is 4.43. The summed E-state index contributed by atoms with van der Waals surface area (Å²) in [6.45, 7) is 0. The van der Waals surface area contributed by atoms with Crippen molar-refractivity contribution in [3.05, 3.63) is 12.2 Å². The van der Waals surface area contributed by atoms with Gasteiger partial charge in [-0.05, 0) is 30.6 Å². The molecule has 0 aliphatic heterocycles. The van der Waals surface area contributed by atoms with Crippen molar-refractivity contribution in [3.63, 3.8) is 0 Å². The molecule has 0 aromatic heterocycles. The number of hydrogen-bond acceptors (Lipinski definition) is 6. The van der Waals surface area contributed by atoms with Crippen molar-refractivity contribution in [1.82, 2.24) is 0 Å². The van der Waals surface area contributed by atoms with Crippen molar-refractivity contribution >= 4 is 29.5 Å². The van der Waals surface area contributed by atoms with Gasteiger partial charge in [-0.2, -0.15) is 13.2 Å². The molecule has 6 nitrogen and oxygen atoms in total. The molecule has 2 aliphatic carbocycles. The van der Waals surface area contributed by atoms with E-state index in [1.54, 1.807) is 6.08 Å². The number of alkyl halides is 3. The maximum atomic E-state index is 12.7. The minimum Gasteiger partial charge on any atom is -0.227 e. The van der Waals surface area contributed by atoms with Crippen molar-refractivity contribution in [2.45, 2.75) is 22.3 Å². The maximum absolute atomic E-state index is 12.7. The van der Waals surface area contributed by atoms with Gasteiger partial charge in [0.1, 0.15) is 0 Å². The number of rotatable bonds is 5. The molecule has 0 saturated heterocycles. The second-order valence-electron chi connectivity index (χ2n) is 5.98. The summed E-state index contributed by atoms with van der Waals surface area (Å²) in [4.78, 5) is 0. The van der Waals surface area contributed by atoms with E-state index in [0.717, 1.165) is 0 Å². The summed E-state index contributed by atoms with van der Waals surface area (Å²) >= 11 is 0. The van der Waals surface area contributed by atoms with E-state index < -0.39 is 50.6 Å². The van der Waals surface area contributed by atoms with Crippen LogP contribution in [-0.4, -0.2) is 46.7 Å². The Balaban J connectivity index is 2.42. The molecule has 12 heteroatoms. The zero-order valence-electron chi connectivity index (χ0n) is 11.9. The highest BCUT2D eigenvalue weighted by molar-refractivity contribution is 8.24. The van der Waals surface area contributed by atoms with Crippen molar-refractivity contribution in [2.75, 3.05) is 12.0 Å². The molecule has 0 N–H and O–H groups in total.